The van der Waals surface area contributed by atoms with Gasteiger partial charge in [0.25, 0.3) is 0 Å². The first kappa shape index (κ1) is 17.3. The van der Waals surface area contributed by atoms with Crippen molar-refractivity contribution in [2.75, 3.05) is 6.61 Å². The fraction of sp³-hybridized carbons (Fsp3) is 1.00. The molecular formula is C20H38O. The SMILES string of the molecule is CCCC1(CCC)CC1CCCOC1CCC(C)C[C@H]1C. The molecule has 0 heterocycles. The molecular weight excluding hydrogens is 256 g/mol. The lowest BCUT2D eigenvalue weighted by molar-refractivity contribution is -0.0169. The summed E-state index contributed by atoms with van der Waals surface area (Å²) in [5, 5.41) is 0. The molecule has 0 radical (unpaired) electrons. The van der Waals surface area contributed by atoms with Crippen molar-refractivity contribution in [1.29, 1.82) is 0 Å². The van der Waals surface area contributed by atoms with Crippen LogP contribution in [-0.2, 0) is 4.74 Å². The lowest BCUT2D eigenvalue weighted by Crippen LogP contribution is -2.29. The van der Waals surface area contributed by atoms with E-state index in [0.717, 1.165) is 29.8 Å². The van der Waals surface area contributed by atoms with Crippen LogP contribution in [0.5, 0.6) is 0 Å². The Hall–Kier alpha value is -0.0400. The third-order valence-electron chi connectivity index (χ3n) is 6.24. The third kappa shape index (κ3) is 4.71. The number of hydrogen-bond donors (Lipinski definition) is 0. The van der Waals surface area contributed by atoms with E-state index in [1.807, 2.05) is 0 Å². The molecule has 0 aromatic heterocycles. The van der Waals surface area contributed by atoms with Crippen LogP contribution in [-0.4, -0.2) is 12.7 Å². The van der Waals surface area contributed by atoms with Crippen LogP contribution in [0.4, 0.5) is 0 Å². The van der Waals surface area contributed by atoms with Crippen LogP contribution >= 0.6 is 0 Å². The molecule has 2 aliphatic rings. The van der Waals surface area contributed by atoms with Gasteiger partial charge in [0.2, 0.25) is 0 Å². The number of rotatable bonds is 9. The van der Waals surface area contributed by atoms with Crippen molar-refractivity contribution in [3.63, 3.8) is 0 Å². The summed E-state index contributed by atoms with van der Waals surface area (Å²) < 4.78 is 6.21. The highest BCUT2D eigenvalue weighted by Crippen LogP contribution is 2.61. The summed E-state index contributed by atoms with van der Waals surface area (Å²) in [6, 6.07) is 0. The molecule has 0 aromatic rings. The molecule has 0 spiro atoms. The molecule has 2 saturated carbocycles. The molecule has 0 saturated heterocycles. The minimum absolute atomic E-state index is 0.552. The average Bonchev–Trinajstić information content (AvgIpc) is 3.10. The summed E-state index contributed by atoms with van der Waals surface area (Å²) in [6.07, 6.45) is 14.4. The Morgan fingerprint density at radius 2 is 1.76 bits per heavy atom. The van der Waals surface area contributed by atoms with E-state index in [9.17, 15) is 0 Å². The molecule has 0 N–H and O–H groups in total. The fourth-order valence-corrected chi connectivity index (χ4v) is 5.02. The Morgan fingerprint density at radius 3 is 2.38 bits per heavy atom. The number of ether oxygens (including phenoxy) is 1. The van der Waals surface area contributed by atoms with Crippen molar-refractivity contribution in [1.82, 2.24) is 0 Å². The van der Waals surface area contributed by atoms with Gasteiger partial charge < -0.3 is 4.74 Å². The van der Waals surface area contributed by atoms with Gasteiger partial charge in [-0.3, -0.25) is 0 Å². The second kappa shape index (κ2) is 7.99. The van der Waals surface area contributed by atoms with Gasteiger partial charge in [0, 0.05) is 6.61 Å². The topological polar surface area (TPSA) is 9.23 Å². The van der Waals surface area contributed by atoms with Crippen LogP contribution < -0.4 is 0 Å². The van der Waals surface area contributed by atoms with Gasteiger partial charge in [0.15, 0.2) is 0 Å². The van der Waals surface area contributed by atoms with Gasteiger partial charge >= 0.3 is 0 Å². The minimum atomic E-state index is 0.552. The van der Waals surface area contributed by atoms with Crippen LogP contribution in [0, 0.1) is 23.2 Å². The second-order valence-corrected chi connectivity index (χ2v) is 8.21. The molecule has 1 heteroatoms. The third-order valence-corrected chi connectivity index (χ3v) is 6.24. The molecule has 2 fully saturated rings. The minimum Gasteiger partial charge on any atom is -0.378 e. The largest absolute Gasteiger partial charge is 0.378 e. The highest BCUT2D eigenvalue weighted by Gasteiger charge is 2.50. The predicted octanol–water partition coefficient (Wildman–Crippen LogP) is 6.21. The van der Waals surface area contributed by atoms with E-state index >= 15 is 0 Å². The van der Waals surface area contributed by atoms with Crippen molar-refractivity contribution in [3.8, 4) is 0 Å². The monoisotopic (exact) mass is 294 g/mol. The molecule has 4 atom stereocenters. The smallest absolute Gasteiger partial charge is 0.0600 e. The maximum absolute atomic E-state index is 6.21. The molecule has 1 nitrogen and oxygen atoms in total. The maximum Gasteiger partial charge on any atom is 0.0600 e. The van der Waals surface area contributed by atoms with E-state index in [1.165, 1.54) is 64.2 Å². The Labute approximate surface area is 133 Å². The lowest BCUT2D eigenvalue weighted by Gasteiger charge is -2.32. The summed E-state index contributed by atoms with van der Waals surface area (Å²) in [5.74, 6) is 2.70. The van der Waals surface area contributed by atoms with Crippen LogP contribution in [0.2, 0.25) is 0 Å². The van der Waals surface area contributed by atoms with E-state index < -0.39 is 0 Å². The second-order valence-electron chi connectivity index (χ2n) is 8.21. The first-order chi connectivity index (χ1) is 10.1. The predicted molar refractivity (Wildman–Crippen MR) is 91.5 cm³/mol. The Balaban J connectivity index is 1.60. The molecule has 2 rings (SSSR count). The van der Waals surface area contributed by atoms with Gasteiger partial charge in [0.05, 0.1) is 6.10 Å². The van der Waals surface area contributed by atoms with Gasteiger partial charge in [-0.15, -0.1) is 0 Å². The summed E-state index contributed by atoms with van der Waals surface area (Å²) in [5.41, 5.74) is 0.747. The van der Waals surface area contributed by atoms with E-state index in [-0.39, 0.29) is 0 Å². The normalized spacial score (nSPS) is 34.9. The quantitative estimate of drug-likeness (QED) is 0.459. The first-order valence-corrected chi connectivity index (χ1v) is 9.73. The summed E-state index contributed by atoms with van der Waals surface area (Å²) in [4.78, 5) is 0. The zero-order chi connectivity index (χ0) is 15.3. The maximum atomic E-state index is 6.21. The van der Waals surface area contributed by atoms with E-state index in [1.54, 1.807) is 0 Å². The van der Waals surface area contributed by atoms with Crippen molar-refractivity contribution in [2.24, 2.45) is 23.2 Å². The van der Waals surface area contributed by atoms with Crippen molar-refractivity contribution in [2.45, 2.75) is 98.0 Å². The van der Waals surface area contributed by atoms with Gasteiger partial charge in [-0.2, -0.15) is 0 Å². The van der Waals surface area contributed by atoms with Crippen molar-refractivity contribution in [3.05, 3.63) is 0 Å². The summed E-state index contributed by atoms with van der Waals surface area (Å²) in [7, 11) is 0. The molecule has 0 amide bonds. The van der Waals surface area contributed by atoms with Gasteiger partial charge in [0.1, 0.15) is 0 Å². The Kier molecular flexibility index (Phi) is 6.59. The van der Waals surface area contributed by atoms with Gasteiger partial charge in [-0.25, -0.2) is 0 Å². The highest BCUT2D eigenvalue weighted by atomic mass is 16.5. The molecule has 0 aliphatic heterocycles. The van der Waals surface area contributed by atoms with Crippen molar-refractivity contribution < 1.29 is 4.74 Å². The van der Waals surface area contributed by atoms with Gasteiger partial charge in [-0.05, 0) is 74.5 Å². The zero-order valence-corrected chi connectivity index (χ0v) is 15.0. The highest BCUT2D eigenvalue weighted by molar-refractivity contribution is 5.01. The number of hydrogen-bond acceptors (Lipinski definition) is 1. The van der Waals surface area contributed by atoms with Crippen molar-refractivity contribution >= 4 is 0 Å². The zero-order valence-electron chi connectivity index (χ0n) is 15.0. The van der Waals surface area contributed by atoms with E-state index in [2.05, 4.69) is 27.7 Å². The van der Waals surface area contributed by atoms with Crippen LogP contribution in [0.25, 0.3) is 0 Å². The lowest BCUT2D eigenvalue weighted by atomic mass is 9.81. The van der Waals surface area contributed by atoms with E-state index in [4.69, 9.17) is 4.74 Å². The molecule has 0 bridgehead atoms. The summed E-state index contributed by atoms with van der Waals surface area (Å²) >= 11 is 0. The first-order valence-electron chi connectivity index (χ1n) is 9.73. The molecule has 2 aliphatic carbocycles. The molecule has 3 unspecified atom stereocenters. The van der Waals surface area contributed by atoms with E-state index in [0.29, 0.717) is 6.10 Å². The van der Waals surface area contributed by atoms with Crippen LogP contribution in [0.1, 0.15) is 91.9 Å². The van der Waals surface area contributed by atoms with Crippen LogP contribution in [0.3, 0.4) is 0 Å². The molecule has 0 aromatic carbocycles. The van der Waals surface area contributed by atoms with Crippen LogP contribution in [0.15, 0.2) is 0 Å². The Morgan fingerprint density at radius 1 is 1.05 bits per heavy atom. The standard InChI is InChI=1S/C20H38O/c1-5-11-20(12-6-2)15-18(20)8-7-13-21-19-10-9-16(3)14-17(19)4/h16-19H,5-15H2,1-4H3/t16?,17-,18?,19?/m1/s1. The molecule has 21 heavy (non-hydrogen) atoms. The van der Waals surface area contributed by atoms with Gasteiger partial charge in [-0.1, -0.05) is 40.5 Å². The fourth-order valence-electron chi connectivity index (χ4n) is 5.02. The Bertz CT molecular complexity index is 292. The average molecular weight is 295 g/mol. The molecule has 124 valence electrons. The summed E-state index contributed by atoms with van der Waals surface area (Å²) in [6.45, 7) is 10.5.